The lowest BCUT2D eigenvalue weighted by Crippen LogP contribution is -2.30. The van der Waals surface area contributed by atoms with Crippen LogP contribution in [0.1, 0.15) is 5.56 Å². The summed E-state index contributed by atoms with van der Waals surface area (Å²) in [5, 5.41) is 20.4. The minimum atomic E-state index is -4.29. The second-order valence-electron chi connectivity index (χ2n) is 8.14. The molecule has 1 amide bonds. The Labute approximate surface area is 227 Å². The first-order valence-corrected chi connectivity index (χ1v) is 13.8. The number of ether oxygens (including phenoxy) is 2. The van der Waals surface area contributed by atoms with E-state index in [1.807, 2.05) is 0 Å². The number of carboxylic acids is 1. The zero-order valence-corrected chi connectivity index (χ0v) is 22.5. The first-order valence-electron chi connectivity index (χ1n) is 10.8. The minimum Gasteiger partial charge on any atom is -0.478 e. The Morgan fingerprint density at radius 1 is 1.23 bits per heavy atom. The molecule has 0 aliphatic rings. The molecule has 1 aromatic carbocycles. The summed E-state index contributed by atoms with van der Waals surface area (Å²) < 4.78 is 57.0. The normalized spacial score (nSPS) is 11.8. The number of likely N-dealkylation sites (N-methyl/N-ethyl adjacent to an activating group) is 1. The van der Waals surface area contributed by atoms with Crippen LogP contribution in [0.2, 0.25) is 0 Å². The maximum Gasteiger partial charge on any atom is 0.392 e. The number of hydrogen-bond donors (Lipinski definition) is 2. The number of aromatic nitrogens is 4. The molecule has 19 heteroatoms. The van der Waals surface area contributed by atoms with Crippen LogP contribution in [0.25, 0.3) is 11.4 Å². The molecule has 3 aromatic rings. The number of amides is 1. The van der Waals surface area contributed by atoms with Crippen molar-refractivity contribution >= 4 is 43.1 Å². The Balaban J connectivity index is 2.23. The van der Waals surface area contributed by atoms with Gasteiger partial charge in [-0.25, -0.2) is 18.2 Å². The van der Waals surface area contributed by atoms with Gasteiger partial charge >= 0.3 is 23.4 Å². The number of hydrogen-bond acceptors (Lipinski definition) is 13. The largest absolute Gasteiger partial charge is 0.478 e. The number of carboxylic acid groups (broad SMARTS) is 1. The topological polar surface area (TPSA) is 242 Å². The number of carbonyl (C=O) groups excluding carboxylic acids is 1. The lowest BCUT2D eigenvalue weighted by Gasteiger charge is -2.14. The molecule has 0 saturated heterocycles. The van der Waals surface area contributed by atoms with Crippen LogP contribution in [-0.2, 0) is 36.1 Å². The van der Waals surface area contributed by atoms with E-state index in [1.54, 1.807) is 20.2 Å². The molecular formula is C21H20N6O11S2. The number of nitro groups is 1. The summed E-state index contributed by atoms with van der Waals surface area (Å²) >= 11 is 0. The number of benzene rings is 1. The highest BCUT2D eigenvalue weighted by molar-refractivity contribution is 7.90. The van der Waals surface area contributed by atoms with E-state index in [9.17, 15) is 41.6 Å². The molecule has 2 aromatic heterocycles. The monoisotopic (exact) mass is 596 g/mol. The van der Waals surface area contributed by atoms with Crippen molar-refractivity contribution < 1.29 is 45.9 Å². The lowest BCUT2D eigenvalue weighted by molar-refractivity contribution is -0.387. The van der Waals surface area contributed by atoms with Crippen molar-refractivity contribution in [3.8, 4) is 28.9 Å². The lowest BCUT2D eigenvalue weighted by atomic mass is 10.1. The summed E-state index contributed by atoms with van der Waals surface area (Å²) in [5.74, 6) is -4.13. The number of nitrogens with zero attached hydrogens (tertiary/aromatic N) is 5. The molecular weight excluding hydrogens is 576 g/mol. The third-order valence-electron chi connectivity index (χ3n) is 4.84. The number of aliphatic carboxylic acids is 1. The number of rotatable bonds is 11. The fourth-order valence-corrected chi connectivity index (χ4v) is 3.93. The van der Waals surface area contributed by atoms with E-state index in [0.29, 0.717) is 23.2 Å². The Kier molecular flexibility index (Phi) is 8.79. The molecule has 212 valence electrons. The van der Waals surface area contributed by atoms with Crippen LogP contribution in [-0.4, -0.2) is 95.4 Å². The first kappa shape index (κ1) is 29.6. The molecule has 0 aliphatic heterocycles. The standard InChI is InChI=1S/C21H20N6O11S2/c1-26(2)15(28)8-11-6-12(17-22-4-5-23-17)9-13(7-11)37-18-16(27(31)32)19(25-21(24-18)40(3,35)36)38-14(20(29)30)10-39(33)34/h4-7,9-10,14H,8H2,1-3H3,(H,22,23)(H,29,30). The van der Waals surface area contributed by atoms with E-state index < -0.39 is 59.7 Å². The zero-order chi connectivity index (χ0) is 29.8. The van der Waals surface area contributed by atoms with Gasteiger partial charge in [0.15, 0.2) is 0 Å². The van der Waals surface area contributed by atoms with E-state index in [1.165, 1.54) is 29.4 Å². The van der Waals surface area contributed by atoms with Crippen LogP contribution in [0, 0.1) is 10.1 Å². The van der Waals surface area contributed by atoms with E-state index in [0.717, 1.165) is 0 Å². The third-order valence-corrected chi connectivity index (χ3v) is 6.15. The van der Waals surface area contributed by atoms with Crippen molar-refractivity contribution in [2.75, 3.05) is 20.4 Å². The van der Waals surface area contributed by atoms with Crippen molar-refractivity contribution in [2.24, 2.45) is 0 Å². The second-order valence-corrected chi connectivity index (χ2v) is 10.8. The van der Waals surface area contributed by atoms with Gasteiger partial charge in [0.1, 0.15) is 11.6 Å². The Morgan fingerprint density at radius 3 is 2.42 bits per heavy atom. The van der Waals surface area contributed by atoms with Gasteiger partial charge in [-0.3, -0.25) is 14.9 Å². The maximum absolute atomic E-state index is 12.3. The number of aromatic amines is 1. The molecule has 0 aliphatic carbocycles. The van der Waals surface area contributed by atoms with Gasteiger partial charge in [0.05, 0.1) is 16.7 Å². The van der Waals surface area contributed by atoms with Crippen molar-refractivity contribution in [3.05, 3.63) is 46.3 Å². The summed E-state index contributed by atoms with van der Waals surface area (Å²) in [6.45, 7) is 0. The van der Waals surface area contributed by atoms with Gasteiger partial charge in [-0.15, -0.1) is 0 Å². The summed E-state index contributed by atoms with van der Waals surface area (Å²) in [5.41, 5.74) is -0.422. The molecule has 0 bridgehead atoms. The number of nitrogens with one attached hydrogen (secondary N) is 1. The fraction of sp³-hybridized carbons (Fsp3) is 0.238. The molecule has 0 radical (unpaired) electrons. The average molecular weight is 597 g/mol. The Hall–Kier alpha value is -4.91. The molecule has 2 N–H and O–H groups in total. The van der Waals surface area contributed by atoms with Crippen molar-refractivity contribution in [2.45, 2.75) is 17.7 Å². The van der Waals surface area contributed by atoms with Gasteiger partial charge in [0.2, 0.25) is 32.1 Å². The highest BCUT2D eigenvalue weighted by Crippen LogP contribution is 2.38. The molecule has 3 rings (SSSR count). The van der Waals surface area contributed by atoms with Crippen LogP contribution in [0.15, 0.2) is 35.7 Å². The summed E-state index contributed by atoms with van der Waals surface area (Å²) in [7, 11) is -4.29. The molecule has 2 heterocycles. The number of imidazole rings is 1. The van der Waals surface area contributed by atoms with Crippen LogP contribution < -0.4 is 9.47 Å². The first-order chi connectivity index (χ1) is 18.6. The van der Waals surface area contributed by atoms with Crippen LogP contribution in [0.3, 0.4) is 0 Å². The van der Waals surface area contributed by atoms with Crippen molar-refractivity contribution in [1.29, 1.82) is 0 Å². The van der Waals surface area contributed by atoms with Crippen molar-refractivity contribution in [1.82, 2.24) is 24.8 Å². The molecule has 0 saturated carbocycles. The van der Waals surface area contributed by atoms with Gasteiger partial charge in [-0.2, -0.15) is 18.4 Å². The smallest absolute Gasteiger partial charge is 0.392 e. The highest BCUT2D eigenvalue weighted by atomic mass is 32.2. The van der Waals surface area contributed by atoms with Gasteiger partial charge < -0.3 is 24.5 Å². The van der Waals surface area contributed by atoms with Crippen LogP contribution >= 0.6 is 0 Å². The van der Waals surface area contributed by atoms with Gasteiger partial charge in [0, 0.05) is 38.3 Å². The van der Waals surface area contributed by atoms with Gasteiger partial charge in [-0.05, 0) is 23.8 Å². The summed E-state index contributed by atoms with van der Waals surface area (Å²) in [6.07, 6.45) is 1.22. The zero-order valence-electron chi connectivity index (χ0n) is 20.8. The quantitative estimate of drug-likeness (QED) is 0.129. The SMILES string of the molecule is CN(C)C(=O)Cc1cc(Oc2nc(S(C)(=O)=O)nc(OC(C=S(=O)=O)C(=O)O)c2[N+](=O)[O-])cc(-c2ncc[nH]2)c1. The number of carbonyl (C=O) groups is 2. The summed E-state index contributed by atoms with van der Waals surface area (Å²) in [4.78, 5) is 50.0. The molecule has 40 heavy (non-hydrogen) atoms. The predicted octanol–water partition coefficient (Wildman–Crippen LogP) is 0.115. The van der Waals surface area contributed by atoms with E-state index in [2.05, 4.69) is 19.9 Å². The third kappa shape index (κ3) is 7.35. The van der Waals surface area contributed by atoms with Gasteiger partial charge in [0.25, 0.3) is 5.16 Å². The minimum absolute atomic E-state index is 0.116. The van der Waals surface area contributed by atoms with Crippen molar-refractivity contribution in [3.63, 3.8) is 0 Å². The number of H-pyrrole nitrogens is 1. The molecule has 0 spiro atoms. The highest BCUT2D eigenvalue weighted by Gasteiger charge is 2.34. The molecule has 17 nitrogen and oxygen atoms in total. The van der Waals surface area contributed by atoms with E-state index >= 15 is 0 Å². The number of sulfone groups is 1. The fourth-order valence-electron chi connectivity index (χ4n) is 3.05. The molecule has 1 atom stereocenters. The predicted molar refractivity (Wildman–Crippen MR) is 135 cm³/mol. The Morgan fingerprint density at radius 2 is 1.90 bits per heavy atom. The molecule has 1 unspecified atom stereocenters. The average Bonchev–Trinajstić information content (AvgIpc) is 3.37. The van der Waals surface area contributed by atoms with E-state index in [-0.39, 0.29) is 23.4 Å². The van der Waals surface area contributed by atoms with Crippen LogP contribution in [0.4, 0.5) is 5.69 Å². The van der Waals surface area contributed by atoms with E-state index in [4.69, 9.17) is 9.47 Å². The second kappa shape index (κ2) is 11.9. The van der Waals surface area contributed by atoms with Crippen LogP contribution in [0.5, 0.6) is 17.5 Å². The summed E-state index contributed by atoms with van der Waals surface area (Å²) in [6, 6.07) is 4.31. The Bertz CT molecular complexity index is 1710. The van der Waals surface area contributed by atoms with Gasteiger partial charge in [-0.1, -0.05) is 0 Å². The molecule has 0 fully saturated rings. The maximum atomic E-state index is 12.3.